The van der Waals surface area contributed by atoms with Gasteiger partial charge in [0.2, 0.25) is 5.91 Å². The van der Waals surface area contributed by atoms with E-state index in [0.29, 0.717) is 11.2 Å². The second-order valence-electron chi connectivity index (χ2n) is 18.5. The largest absolute Gasteiger partial charge is 0.457 e. The van der Waals surface area contributed by atoms with Gasteiger partial charge in [-0.1, -0.05) is 60.3 Å². The highest BCUT2D eigenvalue weighted by molar-refractivity contribution is 8.00. The van der Waals surface area contributed by atoms with Crippen LogP contribution in [0.15, 0.2) is 54.1 Å². The number of carbonyl (C=O) groups excluding carboxylic acids is 3. The van der Waals surface area contributed by atoms with Gasteiger partial charge in [-0.3, -0.25) is 23.2 Å². The van der Waals surface area contributed by atoms with E-state index < -0.39 is 74.8 Å². The van der Waals surface area contributed by atoms with Crippen LogP contribution in [0.25, 0.3) is 11.2 Å². The van der Waals surface area contributed by atoms with E-state index in [2.05, 4.69) is 99.3 Å². The van der Waals surface area contributed by atoms with E-state index in [9.17, 15) is 22.8 Å². The smallest absolute Gasteiger partial charge is 0.355 e. The first kappa shape index (κ1) is 47.9. The molecule has 3 aromatic heterocycles. The van der Waals surface area contributed by atoms with Crippen molar-refractivity contribution in [2.75, 3.05) is 37.9 Å². The van der Waals surface area contributed by atoms with Crippen molar-refractivity contribution in [2.24, 2.45) is 0 Å². The molecule has 3 aromatic rings. The van der Waals surface area contributed by atoms with E-state index in [4.69, 9.17) is 28.2 Å². The molecule has 2 saturated heterocycles. The predicted octanol–water partition coefficient (Wildman–Crippen LogP) is 4.41. The number of esters is 1. The van der Waals surface area contributed by atoms with Crippen LogP contribution in [-0.4, -0.2) is 123 Å². The first-order valence-electron chi connectivity index (χ1n) is 20.2. The van der Waals surface area contributed by atoms with Gasteiger partial charge in [0.25, 0.3) is 5.91 Å². The number of fused-ring (bicyclic) bond motifs is 2. The van der Waals surface area contributed by atoms with Crippen LogP contribution >= 0.6 is 23.1 Å². The zero-order chi connectivity index (χ0) is 45.6. The van der Waals surface area contributed by atoms with E-state index in [0.717, 1.165) is 4.88 Å². The number of β-lactam (4-membered cyclic amide) rings is 1. The molecule has 2 fully saturated rings. The van der Waals surface area contributed by atoms with E-state index in [1.54, 1.807) is 10.9 Å². The fourth-order valence-corrected chi connectivity index (χ4v) is 12.3. The van der Waals surface area contributed by atoms with Gasteiger partial charge in [0.05, 0.1) is 26.0 Å². The Morgan fingerprint density at radius 2 is 1.82 bits per heavy atom. The lowest BCUT2D eigenvalue weighted by atomic mass is 10.0. The van der Waals surface area contributed by atoms with Crippen LogP contribution in [0, 0.1) is 0 Å². The van der Waals surface area contributed by atoms with Crippen molar-refractivity contribution in [1.29, 1.82) is 0 Å². The molecule has 340 valence electrons. The minimum Gasteiger partial charge on any atom is -0.457 e. The van der Waals surface area contributed by atoms with Crippen LogP contribution in [0.4, 0.5) is 5.82 Å². The predicted molar refractivity (Wildman–Crippen MR) is 242 cm³/mol. The molecule has 5 atom stereocenters. The number of amides is 2. The van der Waals surface area contributed by atoms with Crippen LogP contribution in [0.3, 0.4) is 0 Å². The highest BCUT2D eigenvalue weighted by atomic mass is 32.2. The van der Waals surface area contributed by atoms with Gasteiger partial charge >= 0.3 is 16.3 Å². The zero-order valence-electron chi connectivity index (χ0n) is 36.8. The molecule has 18 nitrogen and oxygen atoms in total. The molecular formula is C39H58N8O10S3Si2. The summed E-state index contributed by atoms with van der Waals surface area (Å²) in [6.07, 6.45) is 2.53. The van der Waals surface area contributed by atoms with Gasteiger partial charge in [-0.15, -0.1) is 23.1 Å². The number of thioether (sulfide) groups is 1. The average Bonchev–Trinajstić information content (AvgIpc) is 3.93. The molecule has 4 N–H and O–H groups in total. The number of nitrogens with two attached hydrogens (primary N) is 1. The molecule has 6 rings (SSSR count). The lowest BCUT2D eigenvalue weighted by molar-refractivity contribution is -0.152. The lowest BCUT2D eigenvalue weighted by Crippen LogP contribution is -2.70. The maximum absolute atomic E-state index is 13.7. The molecule has 0 aliphatic carbocycles. The Morgan fingerprint density at radius 1 is 1.11 bits per heavy atom. The summed E-state index contributed by atoms with van der Waals surface area (Å²) in [7, 11) is -9.88. The summed E-state index contributed by atoms with van der Waals surface area (Å²) >= 11 is 2.72. The Hall–Kier alpha value is -3.53. The van der Waals surface area contributed by atoms with Crippen molar-refractivity contribution in [3.63, 3.8) is 0 Å². The summed E-state index contributed by atoms with van der Waals surface area (Å²) in [5.41, 5.74) is 5.82. The minimum atomic E-state index is -4.53. The zero-order valence-corrected chi connectivity index (χ0v) is 41.3. The first-order valence-corrected chi connectivity index (χ1v) is 29.3. The standard InChI is InChI=1S/C39H58N8O10S3Si2/c1-12-15-53-36(50)30-24(20-59-35-29(34(49)47(30)35)45-27(48)17-25-14-13-16-58-25)18-44-60(51,52)55-19-26-31(56-61(8,9)37(2,3)4)39(21-54-26,57-62(10,11)38(5,6)7)46-23-43-28-32(40)41-22-42-33(28)46/h12-14,16,22-23,26,29,31,35,44H,1,15,17-21H2,2-11H3,(H,45,48)(H2,40,41,42)/t26-,29-,31?,35-,39-/m1/s1. The molecule has 6 heterocycles. The monoisotopic (exact) mass is 950 g/mol. The fourth-order valence-electron chi connectivity index (χ4n) is 6.73. The molecule has 0 saturated carbocycles. The van der Waals surface area contributed by atoms with E-state index in [1.807, 2.05) is 17.5 Å². The Kier molecular flexibility index (Phi) is 13.8. The number of thiophene rings is 1. The summed E-state index contributed by atoms with van der Waals surface area (Å²) in [5, 5.41) is 3.50. The quantitative estimate of drug-likeness (QED) is 0.0737. The third kappa shape index (κ3) is 9.61. The van der Waals surface area contributed by atoms with Gasteiger partial charge in [0.15, 0.2) is 33.8 Å². The van der Waals surface area contributed by atoms with Crippen molar-refractivity contribution in [3.05, 3.63) is 59.0 Å². The van der Waals surface area contributed by atoms with E-state index in [1.165, 1.54) is 40.4 Å². The highest BCUT2D eigenvalue weighted by Crippen LogP contribution is 2.49. The number of carbonyl (C=O) groups is 3. The number of nitrogens with one attached hydrogen (secondary N) is 2. The van der Waals surface area contributed by atoms with Crippen molar-refractivity contribution in [1.82, 2.24) is 34.5 Å². The van der Waals surface area contributed by atoms with Crippen molar-refractivity contribution >= 4 is 84.8 Å². The Morgan fingerprint density at radius 3 is 2.47 bits per heavy atom. The molecule has 62 heavy (non-hydrogen) atoms. The van der Waals surface area contributed by atoms with Gasteiger partial charge in [0, 0.05) is 17.2 Å². The molecule has 0 radical (unpaired) electrons. The number of ether oxygens (including phenoxy) is 2. The second-order valence-corrected chi connectivity index (χ2v) is 31.6. The van der Waals surface area contributed by atoms with Crippen LogP contribution < -0.4 is 15.8 Å². The van der Waals surface area contributed by atoms with Gasteiger partial charge in [-0.05, 0) is 53.3 Å². The van der Waals surface area contributed by atoms with Gasteiger partial charge in [0.1, 0.15) is 47.8 Å². The highest BCUT2D eigenvalue weighted by Gasteiger charge is 2.61. The molecule has 0 aromatic carbocycles. The topological polar surface area (TPSA) is 228 Å². The molecule has 0 bridgehead atoms. The lowest BCUT2D eigenvalue weighted by Gasteiger charge is -2.49. The third-order valence-electron chi connectivity index (χ3n) is 12.2. The molecule has 23 heteroatoms. The van der Waals surface area contributed by atoms with Crippen LogP contribution in [0.5, 0.6) is 0 Å². The summed E-state index contributed by atoms with van der Waals surface area (Å²) in [6, 6.07) is 2.80. The van der Waals surface area contributed by atoms with Crippen molar-refractivity contribution in [3.8, 4) is 0 Å². The van der Waals surface area contributed by atoms with E-state index >= 15 is 0 Å². The maximum atomic E-state index is 13.7. The number of aromatic nitrogens is 4. The third-order valence-corrected chi connectivity index (χ3v) is 24.3. The molecule has 3 aliphatic rings. The SMILES string of the molecule is C=CCOC(=O)C1=C(CNS(=O)(=O)OC[C@H]2OC[C@](O[Si](C)(C)C(C)(C)C)(n3cnc4c(N)ncnc43)C2O[Si](C)(C)C(C)(C)C)CS[C@@H]2[C@H](NC(=O)Cc3cccs3)C(=O)N12. The van der Waals surface area contributed by atoms with Gasteiger partial charge in [-0.25, -0.2) is 19.7 Å². The van der Waals surface area contributed by atoms with Crippen LogP contribution in [0.1, 0.15) is 46.4 Å². The number of nitrogens with zero attached hydrogens (tertiary/aromatic N) is 5. The van der Waals surface area contributed by atoms with Crippen LogP contribution in [-0.2, 0) is 59.3 Å². The molecule has 0 spiro atoms. The minimum absolute atomic E-state index is 0.0591. The van der Waals surface area contributed by atoms with Gasteiger partial charge in [-0.2, -0.15) is 13.1 Å². The Balaban J connectivity index is 1.26. The average molecular weight is 951 g/mol. The van der Waals surface area contributed by atoms with Crippen molar-refractivity contribution < 1.29 is 45.3 Å². The Bertz CT molecular complexity index is 2330. The second kappa shape index (κ2) is 17.8. The first-order chi connectivity index (χ1) is 28.8. The molecule has 1 unspecified atom stereocenters. The van der Waals surface area contributed by atoms with E-state index in [-0.39, 0.29) is 65.0 Å². The summed E-state index contributed by atoms with van der Waals surface area (Å²) in [6.45, 7) is 23.6. The normalized spacial score (nSPS) is 23.6. The fraction of sp³-hybridized carbons (Fsp3) is 0.590. The maximum Gasteiger partial charge on any atom is 0.355 e. The van der Waals surface area contributed by atoms with Gasteiger partial charge < -0.3 is 29.4 Å². The number of anilines is 1. The molecule has 2 amide bonds. The number of hydrogen-bond donors (Lipinski definition) is 3. The summed E-state index contributed by atoms with van der Waals surface area (Å²) in [5.74, 6) is -1.34. The van der Waals surface area contributed by atoms with Crippen molar-refractivity contribution in [2.45, 2.75) is 114 Å². The number of rotatable bonds is 17. The molecule has 3 aliphatic heterocycles. The Labute approximate surface area is 373 Å². The number of hydrogen-bond acceptors (Lipinski definition) is 16. The van der Waals surface area contributed by atoms with Crippen LogP contribution in [0.2, 0.25) is 36.3 Å². The number of imidazole rings is 1. The summed E-state index contributed by atoms with van der Waals surface area (Å²) in [4.78, 5) is 55.1. The summed E-state index contributed by atoms with van der Waals surface area (Å²) < 4.78 is 63.8. The molecular weight excluding hydrogens is 893 g/mol. The number of nitrogen functional groups attached to an aromatic ring is 1.